The summed E-state index contributed by atoms with van der Waals surface area (Å²) in [6.07, 6.45) is 1.66. The van der Waals surface area contributed by atoms with Crippen LogP contribution in [0.3, 0.4) is 0 Å². The summed E-state index contributed by atoms with van der Waals surface area (Å²) >= 11 is 11.9. The van der Waals surface area contributed by atoms with Crippen molar-refractivity contribution in [3.05, 3.63) is 52.4 Å². The zero-order valence-electron chi connectivity index (χ0n) is 10.5. The molecule has 1 aromatic heterocycles. The summed E-state index contributed by atoms with van der Waals surface area (Å²) < 4.78 is 10.9. The van der Waals surface area contributed by atoms with E-state index in [1.165, 1.54) is 0 Å². The number of furan rings is 1. The van der Waals surface area contributed by atoms with Crippen molar-refractivity contribution in [3.63, 3.8) is 0 Å². The van der Waals surface area contributed by atoms with E-state index in [0.29, 0.717) is 28.9 Å². The summed E-state index contributed by atoms with van der Waals surface area (Å²) in [7, 11) is 0. The average Bonchev–Trinajstić information content (AvgIpc) is 2.93. The Morgan fingerprint density at radius 1 is 1.26 bits per heavy atom. The minimum atomic E-state index is 0.147. The fraction of sp³-hybridized carbons (Fsp3) is 0.286. The lowest BCUT2D eigenvalue weighted by Crippen LogP contribution is -2.24. The van der Waals surface area contributed by atoms with Crippen LogP contribution in [-0.4, -0.2) is 13.2 Å². The van der Waals surface area contributed by atoms with E-state index in [9.17, 15) is 0 Å². The van der Waals surface area contributed by atoms with E-state index in [1.54, 1.807) is 18.4 Å². The normalized spacial score (nSPS) is 12.4. The Kier molecular flexibility index (Phi) is 5.14. The van der Waals surface area contributed by atoms with Crippen LogP contribution in [0.15, 0.2) is 41.0 Å². The molecule has 0 fully saturated rings. The quantitative estimate of drug-likeness (QED) is 0.807. The Morgan fingerprint density at radius 3 is 2.84 bits per heavy atom. The van der Waals surface area contributed by atoms with E-state index in [-0.39, 0.29) is 6.04 Å². The minimum Gasteiger partial charge on any atom is -0.491 e. The molecule has 5 heteroatoms. The molecule has 1 atom stereocenters. The molecule has 0 bridgehead atoms. The number of hydrogen-bond acceptors (Lipinski definition) is 3. The second-order valence-corrected chi connectivity index (χ2v) is 4.88. The van der Waals surface area contributed by atoms with Gasteiger partial charge in [-0.2, -0.15) is 0 Å². The summed E-state index contributed by atoms with van der Waals surface area (Å²) in [4.78, 5) is 0. The topological polar surface area (TPSA) is 34.4 Å². The third kappa shape index (κ3) is 3.90. The number of nitrogens with one attached hydrogen (secondary N) is 1. The molecule has 1 heterocycles. The third-order valence-electron chi connectivity index (χ3n) is 2.70. The molecule has 2 aromatic rings. The van der Waals surface area contributed by atoms with Gasteiger partial charge in [-0.25, -0.2) is 0 Å². The van der Waals surface area contributed by atoms with Crippen molar-refractivity contribution in [2.45, 2.75) is 13.0 Å². The lowest BCUT2D eigenvalue weighted by Gasteiger charge is -2.13. The van der Waals surface area contributed by atoms with Crippen molar-refractivity contribution in [1.29, 1.82) is 0 Å². The van der Waals surface area contributed by atoms with E-state index in [4.69, 9.17) is 32.4 Å². The maximum absolute atomic E-state index is 6.02. The van der Waals surface area contributed by atoms with Gasteiger partial charge in [0.15, 0.2) is 0 Å². The molecule has 3 nitrogen and oxygen atoms in total. The summed E-state index contributed by atoms with van der Waals surface area (Å²) in [5.41, 5.74) is 0. The Hall–Kier alpha value is -1.16. The SMILES string of the molecule is CC(NCCOc1cccc(Cl)c1Cl)c1ccco1. The van der Waals surface area contributed by atoms with Crippen LogP contribution < -0.4 is 10.1 Å². The standard InChI is InChI=1S/C14H15Cl2NO2/c1-10(12-6-3-8-18-12)17-7-9-19-13-5-2-4-11(15)14(13)16/h2-6,8,10,17H,7,9H2,1H3. The molecule has 0 aliphatic carbocycles. The third-order valence-corrected chi connectivity index (χ3v) is 3.50. The molecule has 0 amide bonds. The Bertz CT molecular complexity index is 514. The highest BCUT2D eigenvalue weighted by Gasteiger charge is 2.08. The highest BCUT2D eigenvalue weighted by atomic mass is 35.5. The van der Waals surface area contributed by atoms with Crippen LogP contribution in [0.4, 0.5) is 0 Å². The Balaban J connectivity index is 1.76. The van der Waals surface area contributed by atoms with Crippen molar-refractivity contribution >= 4 is 23.2 Å². The van der Waals surface area contributed by atoms with Gasteiger partial charge in [-0.3, -0.25) is 0 Å². The fourth-order valence-electron chi connectivity index (χ4n) is 1.67. The second kappa shape index (κ2) is 6.85. The van der Waals surface area contributed by atoms with Crippen molar-refractivity contribution in [2.24, 2.45) is 0 Å². The molecule has 1 unspecified atom stereocenters. The van der Waals surface area contributed by atoms with Gasteiger partial charge in [0.2, 0.25) is 0 Å². The van der Waals surface area contributed by atoms with E-state index >= 15 is 0 Å². The maximum Gasteiger partial charge on any atom is 0.139 e. The molecule has 19 heavy (non-hydrogen) atoms. The molecule has 0 spiro atoms. The van der Waals surface area contributed by atoms with Crippen LogP contribution in [0, 0.1) is 0 Å². The monoisotopic (exact) mass is 299 g/mol. The van der Waals surface area contributed by atoms with Gasteiger partial charge in [-0.05, 0) is 31.2 Å². The van der Waals surface area contributed by atoms with E-state index in [0.717, 1.165) is 5.76 Å². The summed E-state index contributed by atoms with van der Waals surface area (Å²) in [6, 6.07) is 9.29. The Labute approximate surface area is 122 Å². The highest BCUT2D eigenvalue weighted by molar-refractivity contribution is 6.42. The first-order valence-corrected chi connectivity index (χ1v) is 6.77. The van der Waals surface area contributed by atoms with Crippen molar-refractivity contribution in [3.8, 4) is 5.75 Å². The van der Waals surface area contributed by atoms with Gasteiger partial charge in [0.05, 0.1) is 17.3 Å². The number of hydrogen-bond donors (Lipinski definition) is 1. The van der Waals surface area contributed by atoms with Crippen LogP contribution in [0.25, 0.3) is 0 Å². The van der Waals surface area contributed by atoms with Crippen molar-refractivity contribution in [1.82, 2.24) is 5.32 Å². The van der Waals surface area contributed by atoms with Crippen LogP contribution in [0.2, 0.25) is 10.0 Å². The first-order valence-electron chi connectivity index (χ1n) is 6.02. The van der Waals surface area contributed by atoms with Crippen molar-refractivity contribution < 1.29 is 9.15 Å². The predicted molar refractivity (Wildman–Crippen MR) is 77.1 cm³/mol. The summed E-state index contributed by atoms with van der Waals surface area (Å²) in [6.45, 7) is 3.22. The van der Waals surface area contributed by atoms with Gasteiger partial charge in [-0.1, -0.05) is 29.3 Å². The highest BCUT2D eigenvalue weighted by Crippen LogP contribution is 2.31. The predicted octanol–water partition coefficient (Wildman–Crippen LogP) is 4.32. The van der Waals surface area contributed by atoms with Crippen LogP contribution in [0.5, 0.6) is 5.75 Å². The number of benzene rings is 1. The minimum absolute atomic E-state index is 0.147. The van der Waals surface area contributed by atoms with E-state index in [2.05, 4.69) is 5.32 Å². The number of ether oxygens (including phenoxy) is 1. The van der Waals surface area contributed by atoms with Crippen molar-refractivity contribution in [2.75, 3.05) is 13.2 Å². The van der Waals surface area contributed by atoms with Gasteiger partial charge in [0.1, 0.15) is 23.1 Å². The smallest absolute Gasteiger partial charge is 0.139 e. The first kappa shape index (κ1) is 14.3. The molecular formula is C14H15Cl2NO2. The molecule has 0 saturated carbocycles. The Morgan fingerprint density at radius 2 is 2.11 bits per heavy atom. The maximum atomic E-state index is 6.02. The van der Waals surface area contributed by atoms with Gasteiger partial charge in [0, 0.05) is 6.54 Å². The number of rotatable bonds is 6. The average molecular weight is 300 g/mol. The first-order chi connectivity index (χ1) is 9.18. The number of halogens is 2. The van der Waals surface area contributed by atoms with E-state index < -0.39 is 0 Å². The lowest BCUT2D eigenvalue weighted by molar-refractivity contribution is 0.302. The molecule has 2 rings (SSSR count). The van der Waals surface area contributed by atoms with Crippen LogP contribution in [-0.2, 0) is 0 Å². The molecule has 0 aliphatic rings. The van der Waals surface area contributed by atoms with E-state index in [1.807, 2.05) is 25.1 Å². The largest absolute Gasteiger partial charge is 0.491 e. The van der Waals surface area contributed by atoms with Gasteiger partial charge in [-0.15, -0.1) is 0 Å². The molecule has 0 saturated heterocycles. The van der Waals surface area contributed by atoms with Crippen LogP contribution in [0.1, 0.15) is 18.7 Å². The van der Waals surface area contributed by atoms with Gasteiger partial charge >= 0.3 is 0 Å². The van der Waals surface area contributed by atoms with Gasteiger partial charge < -0.3 is 14.5 Å². The van der Waals surface area contributed by atoms with Gasteiger partial charge in [0.25, 0.3) is 0 Å². The van der Waals surface area contributed by atoms with Crippen LogP contribution >= 0.6 is 23.2 Å². The second-order valence-electron chi connectivity index (χ2n) is 4.09. The molecule has 0 radical (unpaired) electrons. The fourth-order valence-corrected chi connectivity index (χ4v) is 2.02. The zero-order valence-corrected chi connectivity index (χ0v) is 12.0. The molecular weight excluding hydrogens is 285 g/mol. The molecule has 1 aromatic carbocycles. The summed E-state index contributed by atoms with van der Waals surface area (Å²) in [5, 5.41) is 4.24. The summed E-state index contributed by atoms with van der Waals surface area (Å²) in [5.74, 6) is 1.50. The molecule has 1 N–H and O–H groups in total. The molecule has 0 aliphatic heterocycles. The lowest BCUT2D eigenvalue weighted by atomic mass is 10.2. The molecule has 102 valence electrons. The zero-order chi connectivity index (χ0) is 13.7.